The van der Waals surface area contributed by atoms with E-state index in [9.17, 15) is 0 Å². The van der Waals surface area contributed by atoms with Crippen LogP contribution in [0.25, 0.3) is 66.8 Å². The minimum atomic E-state index is -0.108. The number of nitrogens with zero attached hydrogens (tertiary/aromatic N) is 1. The molecule has 1 N–H and O–H groups in total. The normalized spacial score (nSPS) is 15.6. The number of hydrogen-bond acceptors (Lipinski definition) is 6. The summed E-state index contributed by atoms with van der Waals surface area (Å²) in [7, 11) is 0. The summed E-state index contributed by atoms with van der Waals surface area (Å²) < 4.78 is 23.3. The smallest absolute Gasteiger partial charge is 0.120 e. The third-order valence-corrected chi connectivity index (χ3v) is 24.0. The van der Waals surface area contributed by atoms with Gasteiger partial charge in [-0.05, 0) is 236 Å². The second-order valence-electron chi connectivity index (χ2n) is 31.0. The highest BCUT2D eigenvalue weighted by atomic mass is 16.6. The minimum absolute atomic E-state index is 0.0882. The van der Waals surface area contributed by atoms with Crippen molar-refractivity contribution in [3.8, 4) is 78.3 Å². The third kappa shape index (κ3) is 15.9. The molecule has 0 bridgehead atoms. The van der Waals surface area contributed by atoms with Gasteiger partial charge in [0.2, 0.25) is 0 Å². The molecule has 2 atom stereocenters. The van der Waals surface area contributed by atoms with Gasteiger partial charge in [0.15, 0.2) is 0 Å². The predicted octanol–water partition coefficient (Wildman–Crippen LogP) is 27.6. The van der Waals surface area contributed by atoms with Crippen LogP contribution >= 0.6 is 0 Å². The van der Waals surface area contributed by atoms with Crippen LogP contribution in [0, 0.1) is 0 Å². The predicted molar refractivity (Wildman–Crippen MR) is 438 cm³/mol. The average molecular weight is 1380 g/mol. The topological polar surface area (TPSA) is 58.8 Å². The van der Waals surface area contributed by atoms with Crippen molar-refractivity contribution in [2.24, 2.45) is 0 Å². The first-order valence-electron chi connectivity index (χ1n) is 40.3. The second-order valence-corrected chi connectivity index (χ2v) is 31.0. The maximum atomic E-state index is 6.29. The van der Waals surface area contributed by atoms with E-state index >= 15 is 0 Å². The molecule has 0 amide bonds. The number of nitrogens with one attached hydrogen (secondary N) is 1. The Morgan fingerprint density at radius 1 is 0.356 bits per heavy atom. The Labute approximate surface area is 623 Å². The zero-order valence-electron chi connectivity index (χ0n) is 63.4. The van der Waals surface area contributed by atoms with Crippen molar-refractivity contribution in [1.29, 1.82) is 0 Å². The summed E-state index contributed by atoms with van der Waals surface area (Å²) in [6, 6.07) is 83.8. The van der Waals surface area contributed by atoms with E-state index in [2.05, 4.69) is 271 Å². The molecule has 2 heterocycles. The quantitative estimate of drug-likeness (QED) is 0.0307. The third-order valence-electron chi connectivity index (χ3n) is 24.0. The molecule has 2 aliphatic heterocycles. The van der Waals surface area contributed by atoms with Crippen LogP contribution in [0.5, 0.6) is 11.5 Å². The van der Waals surface area contributed by atoms with Gasteiger partial charge in [0.1, 0.15) is 36.9 Å². The number of rotatable bonds is 38. The molecule has 4 aliphatic rings. The first kappa shape index (κ1) is 72.3. The summed E-state index contributed by atoms with van der Waals surface area (Å²) in [6.45, 7) is 19.4. The fraction of sp³-hybridized carbons (Fsp3) is 0.388. The first-order chi connectivity index (χ1) is 51.1. The average Bonchev–Trinajstić information content (AvgIpc) is 1.56. The van der Waals surface area contributed by atoms with Crippen molar-refractivity contribution >= 4 is 28.4 Å². The molecular formula is C98H112N2O4. The van der Waals surface area contributed by atoms with Crippen LogP contribution in [0.3, 0.4) is 0 Å². The lowest BCUT2D eigenvalue weighted by atomic mass is 9.69. The van der Waals surface area contributed by atoms with E-state index in [-0.39, 0.29) is 28.5 Å². The Kier molecular flexibility index (Phi) is 23.1. The van der Waals surface area contributed by atoms with Crippen LogP contribution in [-0.4, -0.2) is 38.6 Å². The lowest BCUT2D eigenvalue weighted by Crippen LogP contribution is -2.27. The summed E-state index contributed by atoms with van der Waals surface area (Å²) in [6.07, 6.45) is 27.1. The van der Waals surface area contributed by atoms with Crippen LogP contribution in [-0.2, 0) is 25.7 Å². The number of benzene rings is 10. The maximum Gasteiger partial charge on any atom is 0.120 e. The van der Waals surface area contributed by atoms with Gasteiger partial charge >= 0.3 is 0 Å². The molecule has 2 saturated heterocycles. The van der Waals surface area contributed by atoms with E-state index in [1.165, 1.54) is 175 Å². The Morgan fingerprint density at radius 2 is 0.740 bits per heavy atom. The van der Waals surface area contributed by atoms with Gasteiger partial charge in [0, 0.05) is 39.3 Å². The lowest BCUT2D eigenvalue weighted by molar-refractivity contribution is 0.263. The summed E-state index contributed by atoms with van der Waals surface area (Å²) in [4.78, 5) is 2.55. The molecule has 0 saturated carbocycles. The van der Waals surface area contributed by atoms with E-state index < -0.39 is 0 Å². The summed E-state index contributed by atoms with van der Waals surface area (Å²) in [5.74, 6) is 1.74. The molecule has 0 radical (unpaired) electrons. The van der Waals surface area contributed by atoms with Crippen molar-refractivity contribution in [1.82, 2.24) is 0 Å². The van der Waals surface area contributed by atoms with Crippen molar-refractivity contribution < 1.29 is 18.9 Å². The molecule has 0 spiro atoms. The lowest BCUT2D eigenvalue weighted by Gasteiger charge is -2.35. The highest BCUT2D eigenvalue weighted by molar-refractivity contribution is 5.90. The molecule has 6 heteroatoms. The number of unbranched alkanes of at least 4 members (excludes halogenated alkanes) is 12. The van der Waals surface area contributed by atoms with Gasteiger partial charge in [-0.1, -0.05) is 273 Å². The van der Waals surface area contributed by atoms with Gasteiger partial charge in [0.05, 0.1) is 13.2 Å². The molecule has 6 nitrogen and oxygen atoms in total. The highest BCUT2D eigenvalue weighted by Gasteiger charge is 2.45. The Hall–Kier alpha value is -8.68. The number of hydrogen-bond donors (Lipinski definition) is 1. The van der Waals surface area contributed by atoms with Crippen molar-refractivity contribution in [3.05, 3.63) is 246 Å². The molecule has 538 valence electrons. The molecule has 10 aromatic carbocycles. The number of fused-ring (bicyclic) bond motifs is 6. The van der Waals surface area contributed by atoms with E-state index in [1.54, 1.807) is 5.56 Å². The molecule has 10 aromatic rings. The zero-order valence-corrected chi connectivity index (χ0v) is 63.4. The van der Waals surface area contributed by atoms with Crippen molar-refractivity contribution in [3.63, 3.8) is 0 Å². The van der Waals surface area contributed by atoms with Gasteiger partial charge in [-0.15, -0.1) is 0 Å². The number of epoxide rings is 2. The molecule has 2 aliphatic carbocycles. The van der Waals surface area contributed by atoms with E-state index in [1.807, 2.05) is 6.07 Å². The zero-order chi connectivity index (χ0) is 71.5. The van der Waals surface area contributed by atoms with Crippen LogP contribution in [0.4, 0.5) is 28.4 Å². The first-order valence-corrected chi connectivity index (χ1v) is 40.3. The van der Waals surface area contributed by atoms with E-state index in [0.29, 0.717) is 13.2 Å². The van der Waals surface area contributed by atoms with Crippen LogP contribution < -0.4 is 19.7 Å². The summed E-state index contributed by atoms with van der Waals surface area (Å²) in [5.41, 5.74) is 28.4. The number of anilines is 5. The fourth-order valence-electron chi connectivity index (χ4n) is 17.3. The van der Waals surface area contributed by atoms with Crippen LogP contribution in [0.15, 0.2) is 218 Å². The Balaban J connectivity index is 0.819. The molecule has 2 fully saturated rings. The van der Waals surface area contributed by atoms with E-state index in [0.717, 1.165) is 108 Å². The highest BCUT2D eigenvalue weighted by Crippen LogP contribution is 2.59. The Bertz CT molecular complexity index is 4490. The fourth-order valence-corrected chi connectivity index (χ4v) is 17.3. The molecular weight excluding hydrogens is 1270 g/mol. The minimum Gasteiger partial charge on any atom is -0.491 e. The molecule has 0 aromatic heterocycles. The van der Waals surface area contributed by atoms with Crippen molar-refractivity contribution in [2.75, 3.05) is 36.6 Å². The van der Waals surface area contributed by atoms with Gasteiger partial charge in [-0.2, -0.15) is 0 Å². The van der Waals surface area contributed by atoms with E-state index in [4.69, 9.17) is 18.9 Å². The monoisotopic (exact) mass is 1380 g/mol. The van der Waals surface area contributed by atoms with Gasteiger partial charge in [-0.25, -0.2) is 0 Å². The SMILES string of the molecule is CCCCCCC1(CCCCCC)c2cc(-c3ccc(Nc4cccc(-c5cccc(OCC6CO6)c5)c4)cc3)ccc2-c2ccc(-c3ccc(N(c4cccc(-c5cccc(OCC6CO6)c5)c4)c4ccc5c(c4)C(CCCCCC)(CCCCCC)c4cc(C(C)(CC)CC)ccc4-5)cc3)cc21. The molecule has 14 rings (SSSR count). The van der Waals surface area contributed by atoms with Gasteiger partial charge in [0.25, 0.3) is 0 Å². The molecule has 104 heavy (non-hydrogen) atoms. The largest absolute Gasteiger partial charge is 0.491 e. The van der Waals surface area contributed by atoms with Crippen LogP contribution in [0.1, 0.15) is 218 Å². The maximum absolute atomic E-state index is 6.29. The number of ether oxygens (including phenoxy) is 4. The summed E-state index contributed by atoms with van der Waals surface area (Å²) >= 11 is 0. The molecule has 2 unspecified atom stereocenters. The summed E-state index contributed by atoms with van der Waals surface area (Å²) in [5, 5.41) is 3.73. The van der Waals surface area contributed by atoms with Gasteiger partial charge in [-0.3, -0.25) is 0 Å². The van der Waals surface area contributed by atoms with Crippen LogP contribution in [0.2, 0.25) is 0 Å². The standard InChI is InChI=1S/C98H112N2O4/c1-8-14-18-22-54-97(55-23-19-15-9-2)92-62-76(70-38-45-79(46-39-70)99-80-34-26-30-72(58-80)74-32-28-36-84(60-74)101-66-86-68-103-86)42-50-88(92)89-51-43-77(63-93(89)97)71-40-47-81(48-41-71)100(82-35-27-31-73(59-82)75-33-29-37-85(61-75)102-67-87-69-104-87)83-49-53-91-90-52-44-78(96(7,12-5)13-6)64-94(90)98(95(91)65-83,56-24-20-16-10-3)57-25-21-17-11-4/h26-53,58-65,86-87,99H,8-25,54-57,66-69H2,1-7H3. The Morgan fingerprint density at radius 3 is 1.22 bits per heavy atom. The van der Waals surface area contributed by atoms with Crippen molar-refractivity contribution in [2.45, 2.75) is 218 Å². The van der Waals surface area contributed by atoms with Gasteiger partial charge < -0.3 is 29.2 Å². The second kappa shape index (κ2) is 33.2.